The Kier molecular flexibility index (Phi) is 47.4. The normalized spacial score (nSPS) is 5.36. The second-order valence-corrected chi connectivity index (χ2v) is 1.56. The van der Waals surface area contributed by atoms with Crippen molar-refractivity contribution in [3.63, 3.8) is 0 Å². The Morgan fingerprint density at radius 3 is 0.714 bits per heavy atom. The third kappa shape index (κ3) is 888. The van der Waals surface area contributed by atoms with Gasteiger partial charge in [-0.25, -0.2) is 0 Å². The summed E-state index contributed by atoms with van der Waals surface area (Å²) >= 11 is 0. The second-order valence-electron chi connectivity index (χ2n) is 1.56. The predicted octanol–water partition coefficient (Wildman–Crippen LogP) is -1.03. The Hall–Kier alpha value is -1.10. The van der Waals surface area contributed by atoms with Crippen molar-refractivity contribution >= 4 is 35.3 Å². The average Bonchev–Trinajstić information content (AvgIpc) is 1.54. The van der Waals surface area contributed by atoms with Gasteiger partial charge in [-0.1, -0.05) is 0 Å². The van der Waals surface area contributed by atoms with E-state index in [0.717, 1.165) is 20.8 Å². The molecule has 0 saturated carbocycles. The van der Waals surface area contributed by atoms with Crippen molar-refractivity contribution < 1.29 is 35.2 Å². The summed E-state index contributed by atoms with van der Waals surface area (Å²) in [6.07, 6.45) is 0. The summed E-state index contributed by atoms with van der Waals surface area (Å²) in [7, 11) is 0. The zero-order chi connectivity index (χ0) is 10.7. The van der Waals surface area contributed by atoms with Crippen molar-refractivity contribution in [1.82, 2.24) is 0 Å². The first-order chi connectivity index (χ1) is 5.20. The monoisotopic (exact) mass is 226 g/mol. The van der Waals surface area contributed by atoms with Gasteiger partial charge in [0.2, 0.25) is 0 Å². The van der Waals surface area contributed by atoms with E-state index in [0.29, 0.717) is 0 Å². The minimum Gasteiger partial charge on any atom is -0.481 e. The molecule has 0 spiro atoms. The minimum absolute atomic E-state index is 0. The molecule has 14 heavy (non-hydrogen) atoms. The highest BCUT2D eigenvalue weighted by Crippen LogP contribution is 1.42. The lowest BCUT2D eigenvalue weighted by molar-refractivity contribution is -0.135. The Morgan fingerprint density at radius 2 is 0.714 bits per heavy atom. The quantitative estimate of drug-likeness (QED) is 0.451. The van der Waals surface area contributed by atoms with Gasteiger partial charge >= 0.3 is 0 Å². The Bertz CT molecular complexity index is 116. The third-order valence-corrected chi connectivity index (χ3v) is 0. The maximum atomic E-state index is 9.00. The average molecular weight is 226 g/mol. The van der Waals surface area contributed by atoms with E-state index in [1.807, 2.05) is 0 Å². The van der Waals surface area contributed by atoms with E-state index in [-0.39, 0.29) is 22.8 Å². The van der Waals surface area contributed by atoms with Gasteiger partial charge in [-0.05, 0) is 0 Å². The number of carbonyl (C=O) groups is 3. The molecule has 0 rings (SSSR count). The molecule has 7 nitrogen and oxygen atoms in total. The number of carboxylic acid groups (broad SMARTS) is 3. The van der Waals surface area contributed by atoms with Crippen LogP contribution in [0.25, 0.3) is 0 Å². The lowest BCUT2D eigenvalue weighted by Crippen LogP contribution is -1.78. The number of aliphatic carboxylic acids is 3. The summed E-state index contributed by atoms with van der Waals surface area (Å²) in [6, 6.07) is 0. The van der Waals surface area contributed by atoms with Crippen molar-refractivity contribution in [2.24, 2.45) is 0 Å². The topological polar surface area (TPSA) is 140 Å². The van der Waals surface area contributed by atoms with Gasteiger partial charge in [0, 0.05) is 26.2 Å². The van der Waals surface area contributed by atoms with Crippen LogP contribution in [0.15, 0.2) is 0 Å². The summed E-state index contributed by atoms with van der Waals surface area (Å²) < 4.78 is 0. The highest BCUT2D eigenvalue weighted by Gasteiger charge is 1.66. The molecular formula is C6H15AlO7. The first-order valence-electron chi connectivity index (χ1n) is 2.78. The van der Waals surface area contributed by atoms with Crippen LogP contribution in [0.4, 0.5) is 0 Å². The Balaban J connectivity index is -0.0000000270. The summed E-state index contributed by atoms with van der Waals surface area (Å²) in [5.74, 6) is -2.50. The standard InChI is InChI=1S/3C2H4O2.Al.O.3H/c3*1-2(3)4;;;;;/h3*1H3,(H,3,4);;;;;. The number of hydrogen-bond acceptors (Lipinski definition) is 3. The van der Waals surface area contributed by atoms with Crippen molar-refractivity contribution in [2.75, 3.05) is 0 Å². The highest BCUT2D eigenvalue weighted by atomic mass is 27.0. The molecule has 0 fully saturated rings. The molecule has 84 valence electrons. The Labute approximate surface area is 91.8 Å². The minimum atomic E-state index is -0.833. The van der Waals surface area contributed by atoms with Gasteiger partial charge in [0.25, 0.3) is 17.9 Å². The highest BCUT2D eigenvalue weighted by molar-refractivity contribution is 5.75. The molecule has 3 N–H and O–H groups in total. The molecule has 0 amide bonds. The molecule has 0 bridgehead atoms. The first kappa shape index (κ1) is 29.3. The SMILES string of the molecule is CC(=O)O.CC(=O)O.CC(=O)O.[AlH3].[O]. The van der Waals surface area contributed by atoms with E-state index in [2.05, 4.69) is 0 Å². The van der Waals surface area contributed by atoms with E-state index >= 15 is 0 Å². The van der Waals surface area contributed by atoms with Gasteiger partial charge in [0.1, 0.15) is 0 Å². The smallest absolute Gasteiger partial charge is 0.300 e. The van der Waals surface area contributed by atoms with Crippen LogP contribution in [0.5, 0.6) is 0 Å². The maximum absolute atomic E-state index is 9.00. The van der Waals surface area contributed by atoms with Gasteiger partial charge in [0.15, 0.2) is 17.4 Å². The van der Waals surface area contributed by atoms with E-state index in [1.54, 1.807) is 0 Å². The largest absolute Gasteiger partial charge is 0.481 e. The van der Waals surface area contributed by atoms with E-state index in [1.165, 1.54) is 0 Å². The van der Waals surface area contributed by atoms with Crippen molar-refractivity contribution in [3.8, 4) is 0 Å². The molecule has 0 aromatic carbocycles. The lowest BCUT2D eigenvalue weighted by Gasteiger charge is -1.59. The fourth-order valence-corrected chi connectivity index (χ4v) is 0. The summed E-state index contributed by atoms with van der Waals surface area (Å²) in [4.78, 5) is 27.0. The second kappa shape index (κ2) is 22.7. The van der Waals surface area contributed by atoms with Crippen molar-refractivity contribution in [3.05, 3.63) is 0 Å². The van der Waals surface area contributed by atoms with Crippen LogP contribution in [-0.2, 0) is 19.9 Å². The molecule has 0 atom stereocenters. The van der Waals surface area contributed by atoms with Crippen LogP contribution in [0.1, 0.15) is 20.8 Å². The fraction of sp³-hybridized carbons (Fsp3) is 0.500. The van der Waals surface area contributed by atoms with Gasteiger partial charge < -0.3 is 15.3 Å². The van der Waals surface area contributed by atoms with Gasteiger partial charge in [-0.15, -0.1) is 0 Å². The van der Waals surface area contributed by atoms with Gasteiger partial charge in [0.05, 0.1) is 0 Å². The molecular weight excluding hydrogens is 211 g/mol. The maximum Gasteiger partial charge on any atom is 0.300 e. The van der Waals surface area contributed by atoms with Crippen LogP contribution < -0.4 is 0 Å². The first-order valence-corrected chi connectivity index (χ1v) is 2.78. The number of rotatable bonds is 0. The third-order valence-electron chi connectivity index (χ3n) is 0. The van der Waals surface area contributed by atoms with Crippen LogP contribution in [0.2, 0.25) is 0 Å². The number of hydrogen-bond donors (Lipinski definition) is 3. The molecule has 0 aromatic heterocycles. The van der Waals surface area contributed by atoms with E-state index < -0.39 is 17.9 Å². The molecule has 2 radical (unpaired) electrons. The number of carboxylic acids is 3. The van der Waals surface area contributed by atoms with Gasteiger partial charge in [-0.2, -0.15) is 0 Å². The predicted molar refractivity (Wildman–Crippen MR) is 50.6 cm³/mol. The van der Waals surface area contributed by atoms with E-state index in [4.69, 9.17) is 29.7 Å². The fourth-order valence-electron chi connectivity index (χ4n) is 0. The molecule has 0 aromatic rings. The van der Waals surface area contributed by atoms with Crippen molar-refractivity contribution in [1.29, 1.82) is 0 Å². The lowest BCUT2D eigenvalue weighted by atomic mass is 10.9. The zero-order valence-electron chi connectivity index (χ0n) is 7.47. The van der Waals surface area contributed by atoms with E-state index in [9.17, 15) is 0 Å². The van der Waals surface area contributed by atoms with Crippen LogP contribution >= 0.6 is 0 Å². The molecule has 0 aliphatic carbocycles. The molecule has 8 heteroatoms. The summed E-state index contributed by atoms with van der Waals surface area (Å²) in [5.41, 5.74) is 0. The van der Waals surface area contributed by atoms with Crippen LogP contribution in [0, 0.1) is 0 Å². The molecule has 0 aliphatic heterocycles. The zero-order valence-corrected chi connectivity index (χ0v) is 7.47. The summed E-state index contributed by atoms with van der Waals surface area (Å²) in [5, 5.41) is 22.2. The van der Waals surface area contributed by atoms with Crippen molar-refractivity contribution in [2.45, 2.75) is 20.8 Å². The summed E-state index contributed by atoms with van der Waals surface area (Å²) in [6.45, 7) is 3.25. The van der Waals surface area contributed by atoms with Crippen LogP contribution in [-0.4, -0.2) is 50.6 Å². The molecule has 0 saturated heterocycles. The Morgan fingerprint density at radius 1 is 0.714 bits per heavy atom. The molecule has 0 heterocycles. The van der Waals surface area contributed by atoms with Gasteiger partial charge in [-0.3, -0.25) is 14.4 Å². The molecule has 0 unspecified atom stereocenters. The molecule has 0 aliphatic rings. The van der Waals surface area contributed by atoms with Crippen LogP contribution in [0.3, 0.4) is 0 Å².